The van der Waals surface area contributed by atoms with Crippen LogP contribution in [0.3, 0.4) is 0 Å². The molecule has 0 aliphatic rings. The number of hydrogen-bond acceptors (Lipinski definition) is 2. The maximum absolute atomic E-state index is 12.1. The lowest BCUT2D eigenvalue weighted by Gasteiger charge is -2.09. The Bertz CT molecular complexity index is 576. The van der Waals surface area contributed by atoms with Crippen LogP contribution >= 0.6 is 0 Å². The summed E-state index contributed by atoms with van der Waals surface area (Å²) in [6.07, 6.45) is -1.46. The summed E-state index contributed by atoms with van der Waals surface area (Å²) in [5.41, 5.74) is 1.96. The van der Waals surface area contributed by atoms with Crippen LogP contribution in [0, 0.1) is 0 Å². The lowest BCUT2D eigenvalue weighted by molar-refractivity contribution is -0.274. The number of aromatic nitrogens is 1. The second-order valence-corrected chi connectivity index (χ2v) is 3.76. The van der Waals surface area contributed by atoms with Crippen LogP contribution in [0.5, 0.6) is 5.75 Å². The fourth-order valence-electron chi connectivity index (χ4n) is 1.55. The van der Waals surface area contributed by atoms with Gasteiger partial charge in [0.2, 0.25) is 0 Å². The summed E-state index contributed by atoms with van der Waals surface area (Å²) in [5.74, 6) is -0.264. The van der Waals surface area contributed by atoms with E-state index in [2.05, 4.69) is 16.3 Å². The molecule has 2 rings (SSSR count). The van der Waals surface area contributed by atoms with E-state index in [9.17, 15) is 13.2 Å². The van der Waals surface area contributed by atoms with Crippen LogP contribution in [0.15, 0.2) is 49.2 Å². The maximum atomic E-state index is 12.1. The van der Waals surface area contributed by atoms with Gasteiger partial charge in [-0.15, -0.1) is 13.2 Å². The third kappa shape index (κ3) is 3.58. The first-order valence-electron chi connectivity index (χ1n) is 5.42. The van der Waals surface area contributed by atoms with E-state index in [1.165, 1.54) is 18.2 Å². The van der Waals surface area contributed by atoms with Gasteiger partial charge in [-0.25, -0.2) is 0 Å². The lowest BCUT2D eigenvalue weighted by atomic mass is 10.1. The predicted octanol–water partition coefficient (Wildman–Crippen LogP) is 4.29. The van der Waals surface area contributed by atoms with E-state index in [-0.39, 0.29) is 5.75 Å². The standard InChI is InChI=1S/C14H10F3NO/c1-2-10-6-7-13(18-9-10)11-4-3-5-12(8-11)19-14(15,16)17/h2-9H,1H2. The van der Waals surface area contributed by atoms with E-state index in [0.29, 0.717) is 11.3 Å². The Morgan fingerprint density at radius 1 is 1.16 bits per heavy atom. The number of ether oxygens (including phenoxy) is 1. The average Bonchev–Trinajstić information content (AvgIpc) is 2.37. The minimum absolute atomic E-state index is 0.264. The van der Waals surface area contributed by atoms with Crippen molar-refractivity contribution in [2.24, 2.45) is 0 Å². The van der Waals surface area contributed by atoms with Gasteiger partial charge in [-0.2, -0.15) is 0 Å². The number of alkyl halides is 3. The van der Waals surface area contributed by atoms with Crippen LogP contribution < -0.4 is 4.74 Å². The minimum Gasteiger partial charge on any atom is -0.406 e. The van der Waals surface area contributed by atoms with E-state index >= 15 is 0 Å². The molecule has 0 fully saturated rings. The van der Waals surface area contributed by atoms with Gasteiger partial charge in [0.1, 0.15) is 5.75 Å². The molecule has 1 aromatic heterocycles. The van der Waals surface area contributed by atoms with Gasteiger partial charge in [-0.05, 0) is 23.8 Å². The zero-order valence-electron chi connectivity index (χ0n) is 9.82. The Morgan fingerprint density at radius 3 is 2.53 bits per heavy atom. The van der Waals surface area contributed by atoms with Crippen molar-refractivity contribution < 1.29 is 17.9 Å². The fraction of sp³-hybridized carbons (Fsp3) is 0.0714. The molecule has 0 spiro atoms. The summed E-state index contributed by atoms with van der Waals surface area (Å²) in [7, 11) is 0. The lowest BCUT2D eigenvalue weighted by Crippen LogP contribution is -2.17. The molecule has 0 bridgehead atoms. The average molecular weight is 265 g/mol. The molecule has 0 aliphatic heterocycles. The van der Waals surface area contributed by atoms with Crippen molar-refractivity contribution in [1.82, 2.24) is 4.98 Å². The molecule has 98 valence electrons. The zero-order valence-corrected chi connectivity index (χ0v) is 9.82. The number of halogens is 3. The maximum Gasteiger partial charge on any atom is 0.573 e. The van der Waals surface area contributed by atoms with Gasteiger partial charge in [0, 0.05) is 11.8 Å². The van der Waals surface area contributed by atoms with Gasteiger partial charge in [0.05, 0.1) is 5.69 Å². The van der Waals surface area contributed by atoms with Crippen LogP contribution in [0.1, 0.15) is 5.56 Å². The predicted molar refractivity (Wildman–Crippen MR) is 66.4 cm³/mol. The summed E-state index contributed by atoms with van der Waals surface area (Å²) in [5, 5.41) is 0. The monoisotopic (exact) mass is 265 g/mol. The SMILES string of the molecule is C=Cc1ccc(-c2cccc(OC(F)(F)F)c2)nc1. The molecule has 19 heavy (non-hydrogen) atoms. The summed E-state index contributed by atoms with van der Waals surface area (Å²) in [6.45, 7) is 3.60. The first-order chi connectivity index (χ1) is 8.98. The highest BCUT2D eigenvalue weighted by molar-refractivity contribution is 5.62. The molecule has 5 heteroatoms. The molecule has 0 saturated heterocycles. The number of benzene rings is 1. The molecular formula is C14H10F3NO. The quantitative estimate of drug-likeness (QED) is 0.825. The van der Waals surface area contributed by atoms with Gasteiger partial charge in [0.15, 0.2) is 0 Å². The molecule has 0 unspecified atom stereocenters. The van der Waals surface area contributed by atoms with Gasteiger partial charge in [0.25, 0.3) is 0 Å². The highest BCUT2D eigenvalue weighted by atomic mass is 19.4. The molecular weight excluding hydrogens is 255 g/mol. The van der Waals surface area contributed by atoms with Crippen LogP contribution in [-0.4, -0.2) is 11.3 Å². The topological polar surface area (TPSA) is 22.1 Å². The van der Waals surface area contributed by atoms with Gasteiger partial charge in [-0.3, -0.25) is 4.98 Å². The third-order valence-electron chi connectivity index (χ3n) is 2.39. The normalized spacial score (nSPS) is 11.1. The van der Waals surface area contributed by atoms with Crippen LogP contribution in [-0.2, 0) is 0 Å². The van der Waals surface area contributed by atoms with E-state index < -0.39 is 6.36 Å². The second kappa shape index (κ2) is 5.14. The molecule has 0 saturated carbocycles. The van der Waals surface area contributed by atoms with E-state index in [1.54, 1.807) is 30.5 Å². The van der Waals surface area contributed by atoms with Crippen molar-refractivity contribution in [3.05, 3.63) is 54.7 Å². The number of hydrogen-bond donors (Lipinski definition) is 0. The van der Waals surface area contributed by atoms with Gasteiger partial charge < -0.3 is 4.74 Å². The molecule has 1 heterocycles. The second-order valence-electron chi connectivity index (χ2n) is 3.76. The van der Waals surface area contributed by atoms with E-state index in [1.807, 2.05) is 0 Å². The molecule has 0 atom stereocenters. The van der Waals surface area contributed by atoms with Crippen LogP contribution in [0.25, 0.3) is 17.3 Å². The zero-order chi connectivity index (χ0) is 13.9. The summed E-state index contributed by atoms with van der Waals surface area (Å²) in [4.78, 5) is 4.15. The Hall–Kier alpha value is -2.30. The number of pyridine rings is 1. The summed E-state index contributed by atoms with van der Waals surface area (Å²) >= 11 is 0. The van der Waals surface area contributed by atoms with Crippen molar-refractivity contribution in [2.45, 2.75) is 6.36 Å². The molecule has 2 nitrogen and oxygen atoms in total. The van der Waals surface area contributed by atoms with E-state index in [4.69, 9.17) is 0 Å². The fourth-order valence-corrected chi connectivity index (χ4v) is 1.55. The van der Waals surface area contributed by atoms with Gasteiger partial charge in [-0.1, -0.05) is 30.9 Å². The number of rotatable bonds is 3. The van der Waals surface area contributed by atoms with E-state index in [0.717, 1.165) is 5.56 Å². The Balaban J connectivity index is 2.29. The molecule has 2 aromatic rings. The van der Waals surface area contributed by atoms with Crippen molar-refractivity contribution in [3.63, 3.8) is 0 Å². The van der Waals surface area contributed by atoms with Crippen molar-refractivity contribution in [2.75, 3.05) is 0 Å². The highest BCUT2D eigenvalue weighted by Gasteiger charge is 2.31. The van der Waals surface area contributed by atoms with Gasteiger partial charge >= 0.3 is 6.36 Å². The number of nitrogens with zero attached hydrogens (tertiary/aromatic N) is 1. The minimum atomic E-state index is -4.70. The van der Waals surface area contributed by atoms with Crippen LogP contribution in [0.2, 0.25) is 0 Å². The van der Waals surface area contributed by atoms with Crippen LogP contribution in [0.4, 0.5) is 13.2 Å². The first-order valence-corrected chi connectivity index (χ1v) is 5.42. The molecule has 0 amide bonds. The Labute approximate surface area is 108 Å². The molecule has 0 N–H and O–H groups in total. The smallest absolute Gasteiger partial charge is 0.406 e. The molecule has 0 aliphatic carbocycles. The summed E-state index contributed by atoms with van der Waals surface area (Å²) < 4.78 is 40.2. The first kappa shape index (κ1) is 13.1. The third-order valence-corrected chi connectivity index (χ3v) is 2.39. The van der Waals surface area contributed by atoms with Crippen molar-refractivity contribution in [3.8, 4) is 17.0 Å². The Morgan fingerprint density at radius 2 is 1.95 bits per heavy atom. The largest absolute Gasteiger partial charge is 0.573 e. The molecule has 0 radical (unpaired) electrons. The van der Waals surface area contributed by atoms with Crippen molar-refractivity contribution >= 4 is 6.08 Å². The van der Waals surface area contributed by atoms with Crippen molar-refractivity contribution in [1.29, 1.82) is 0 Å². The summed E-state index contributed by atoms with van der Waals surface area (Å²) in [6, 6.07) is 9.19. The Kier molecular flexibility index (Phi) is 3.55. The highest BCUT2D eigenvalue weighted by Crippen LogP contribution is 2.27. The molecule has 1 aromatic carbocycles.